The molecular weight excluding hydrogens is 330 g/mol. The van der Waals surface area contributed by atoms with Gasteiger partial charge in [0.1, 0.15) is 6.54 Å². The molecule has 0 radical (unpaired) electrons. The molecule has 0 spiro atoms. The molecule has 1 atom stereocenters. The zero-order valence-corrected chi connectivity index (χ0v) is 15.7. The molecule has 2 aliphatic rings. The van der Waals surface area contributed by atoms with Crippen LogP contribution >= 0.6 is 0 Å². The first-order chi connectivity index (χ1) is 12.4. The predicted octanol–water partition coefficient (Wildman–Crippen LogP) is 2.51. The number of amides is 2. The first-order valence-electron chi connectivity index (χ1n) is 9.43. The van der Waals surface area contributed by atoms with E-state index in [-0.39, 0.29) is 42.8 Å². The van der Waals surface area contributed by atoms with E-state index in [9.17, 15) is 14.4 Å². The van der Waals surface area contributed by atoms with Gasteiger partial charge in [0.25, 0.3) is 0 Å². The van der Waals surface area contributed by atoms with E-state index in [0.717, 1.165) is 31.4 Å². The van der Waals surface area contributed by atoms with Gasteiger partial charge in [0, 0.05) is 17.6 Å². The van der Waals surface area contributed by atoms with Gasteiger partial charge >= 0.3 is 0 Å². The molecule has 1 fully saturated rings. The van der Waals surface area contributed by atoms with E-state index < -0.39 is 0 Å². The number of rotatable bonds is 7. The van der Waals surface area contributed by atoms with E-state index in [1.807, 2.05) is 0 Å². The highest BCUT2D eigenvalue weighted by molar-refractivity contribution is 6.13. The monoisotopic (exact) mass is 357 g/mol. The Morgan fingerprint density at radius 2 is 2.00 bits per heavy atom. The number of hydrogen-bond donors (Lipinski definition) is 1. The van der Waals surface area contributed by atoms with Gasteiger partial charge < -0.3 is 10.2 Å². The van der Waals surface area contributed by atoms with Crippen molar-refractivity contribution in [3.8, 4) is 0 Å². The van der Waals surface area contributed by atoms with Crippen LogP contribution in [0.3, 0.4) is 0 Å². The topological polar surface area (TPSA) is 69.7 Å². The summed E-state index contributed by atoms with van der Waals surface area (Å²) in [5, 5.41) is 3.23. The molecule has 1 unspecified atom stereocenters. The number of carbonyl (C=O) groups is 3. The van der Waals surface area contributed by atoms with E-state index in [4.69, 9.17) is 0 Å². The van der Waals surface area contributed by atoms with Crippen LogP contribution in [0.15, 0.2) is 18.2 Å². The highest BCUT2D eigenvalue weighted by atomic mass is 16.2. The second-order valence-corrected chi connectivity index (χ2v) is 7.31. The predicted molar refractivity (Wildman–Crippen MR) is 102 cm³/mol. The van der Waals surface area contributed by atoms with Crippen LogP contribution < -0.4 is 15.1 Å². The Bertz CT molecular complexity index is 727. The third-order valence-corrected chi connectivity index (χ3v) is 5.03. The molecule has 1 aliphatic heterocycles. The van der Waals surface area contributed by atoms with Gasteiger partial charge in [-0.3, -0.25) is 19.3 Å². The molecule has 140 valence electrons. The average Bonchev–Trinajstić information content (AvgIpc) is 3.43. The van der Waals surface area contributed by atoms with Crippen molar-refractivity contribution in [3.05, 3.63) is 23.8 Å². The van der Waals surface area contributed by atoms with Crippen molar-refractivity contribution in [1.82, 2.24) is 5.32 Å². The van der Waals surface area contributed by atoms with Crippen LogP contribution in [0.4, 0.5) is 11.4 Å². The number of nitrogens with zero attached hydrogens (tertiary/aromatic N) is 2. The summed E-state index contributed by atoms with van der Waals surface area (Å²) < 4.78 is 0. The molecule has 1 aromatic carbocycles. The summed E-state index contributed by atoms with van der Waals surface area (Å²) in [6.07, 6.45) is 4.02. The highest BCUT2D eigenvalue weighted by Gasteiger charge is 2.40. The van der Waals surface area contributed by atoms with Crippen molar-refractivity contribution in [3.63, 3.8) is 0 Å². The van der Waals surface area contributed by atoms with Gasteiger partial charge in [-0.2, -0.15) is 0 Å². The maximum Gasteiger partial charge on any atom is 0.247 e. The van der Waals surface area contributed by atoms with Crippen molar-refractivity contribution in [1.29, 1.82) is 0 Å². The standard InChI is InChI=1S/C20H27N3O3/c1-4-5-13(2)21-11-19(25)22-12-20(26)23(16-7-8-16)17-9-6-15(14(3)24)10-18(17)22/h6,9-10,13,16,21H,4-5,7-8,11-12H2,1-3H3. The molecule has 1 aliphatic carbocycles. The lowest BCUT2D eigenvalue weighted by molar-refractivity contribution is -0.122. The summed E-state index contributed by atoms with van der Waals surface area (Å²) in [5.41, 5.74) is 1.96. The number of benzene rings is 1. The van der Waals surface area contributed by atoms with E-state index in [2.05, 4.69) is 19.2 Å². The smallest absolute Gasteiger partial charge is 0.247 e. The number of nitrogens with one attached hydrogen (secondary N) is 1. The molecular formula is C20H27N3O3. The Morgan fingerprint density at radius 3 is 2.62 bits per heavy atom. The lowest BCUT2D eigenvalue weighted by Crippen LogP contribution is -2.51. The van der Waals surface area contributed by atoms with Crippen molar-refractivity contribution >= 4 is 29.0 Å². The van der Waals surface area contributed by atoms with E-state index >= 15 is 0 Å². The molecule has 6 heteroatoms. The minimum absolute atomic E-state index is 0.0352. The maximum absolute atomic E-state index is 12.8. The van der Waals surface area contributed by atoms with E-state index in [1.54, 1.807) is 23.1 Å². The number of ketones is 1. The summed E-state index contributed by atoms with van der Waals surface area (Å²) in [5.74, 6) is -0.242. The average molecular weight is 357 g/mol. The molecule has 0 aromatic heterocycles. The van der Waals surface area contributed by atoms with Crippen LogP contribution in [-0.4, -0.2) is 42.8 Å². The Morgan fingerprint density at radius 1 is 1.27 bits per heavy atom. The minimum Gasteiger partial charge on any atom is -0.306 e. The molecule has 1 saturated carbocycles. The Labute approximate surface area is 154 Å². The van der Waals surface area contributed by atoms with Crippen molar-refractivity contribution in [2.24, 2.45) is 0 Å². The quantitative estimate of drug-likeness (QED) is 0.761. The summed E-state index contributed by atoms with van der Waals surface area (Å²) in [6, 6.07) is 5.75. The SMILES string of the molecule is CCCC(C)NCC(=O)N1CC(=O)N(C2CC2)c2ccc(C(C)=O)cc21. The van der Waals surface area contributed by atoms with Crippen LogP contribution in [0.5, 0.6) is 0 Å². The fourth-order valence-electron chi connectivity index (χ4n) is 3.44. The van der Waals surface area contributed by atoms with Gasteiger partial charge in [-0.15, -0.1) is 0 Å². The second kappa shape index (κ2) is 7.58. The van der Waals surface area contributed by atoms with Crippen LogP contribution in [0.25, 0.3) is 0 Å². The number of carbonyl (C=O) groups excluding carboxylic acids is 3. The van der Waals surface area contributed by atoms with Crippen molar-refractivity contribution in [2.45, 2.75) is 58.5 Å². The fourth-order valence-corrected chi connectivity index (χ4v) is 3.44. The summed E-state index contributed by atoms with van der Waals surface area (Å²) in [6.45, 7) is 5.88. The summed E-state index contributed by atoms with van der Waals surface area (Å²) >= 11 is 0. The molecule has 1 N–H and O–H groups in total. The third-order valence-electron chi connectivity index (χ3n) is 5.03. The molecule has 1 aromatic rings. The van der Waals surface area contributed by atoms with E-state index in [0.29, 0.717) is 11.3 Å². The number of anilines is 2. The van der Waals surface area contributed by atoms with E-state index in [1.165, 1.54) is 11.8 Å². The molecule has 26 heavy (non-hydrogen) atoms. The lowest BCUT2D eigenvalue weighted by Gasteiger charge is -2.36. The highest BCUT2D eigenvalue weighted by Crippen LogP contribution is 2.41. The van der Waals surface area contributed by atoms with Crippen LogP contribution in [-0.2, 0) is 9.59 Å². The zero-order chi connectivity index (χ0) is 18.8. The van der Waals surface area contributed by atoms with Gasteiger partial charge in [-0.05, 0) is 51.3 Å². The Hall–Kier alpha value is -2.21. The molecule has 6 nitrogen and oxygen atoms in total. The first-order valence-corrected chi connectivity index (χ1v) is 9.43. The summed E-state index contributed by atoms with van der Waals surface area (Å²) in [7, 11) is 0. The number of fused-ring (bicyclic) bond motifs is 1. The Balaban J connectivity index is 1.87. The first kappa shape index (κ1) is 18.6. The van der Waals surface area contributed by atoms with Gasteiger partial charge in [0.15, 0.2) is 5.78 Å². The zero-order valence-electron chi connectivity index (χ0n) is 15.7. The third kappa shape index (κ3) is 3.80. The van der Waals surface area contributed by atoms with Gasteiger partial charge in [0.05, 0.1) is 17.9 Å². The molecule has 1 heterocycles. The van der Waals surface area contributed by atoms with Gasteiger partial charge in [-0.1, -0.05) is 13.3 Å². The second-order valence-electron chi connectivity index (χ2n) is 7.31. The molecule has 3 rings (SSSR count). The molecule has 0 bridgehead atoms. The normalized spacial score (nSPS) is 17.9. The van der Waals surface area contributed by atoms with Crippen LogP contribution in [0.2, 0.25) is 0 Å². The van der Waals surface area contributed by atoms with Gasteiger partial charge in [0.2, 0.25) is 11.8 Å². The van der Waals surface area contributed by atoms with Crippen LogP contribution in [0.1, 0.15) is 56.8 Å². The Kier molecular flexibility index (Phi) is 5.41. The lowest BCUT2D eigenvalue weighted by atomic mass is 10.1. The number of hydrogen-bond acceptors (Lipinski definition) is 4. The van der Waals surface area contributed by atoms with Gasteiger partial charge in [-0.25, -0.2) is 0 Å². The van der Waals surface area contributed by atoms with Crippen molar-refractivity contribution < 1.29 is 14.4 Å². The van der Waals surface area contributed by atoms with Crippen molar-refractivity contribution in [2.75, 3.05) is 22.9 Å². The maximum atomic E-state index is 12.8. The molecule has 0 saturated heterocycles. The fraction of sp³-hybridized carbons (Fsp3) is 0.550. The number of Topliss-reactive ketones (excluding diaryl/α,β-unsaturated/α-hetero) is 1. The minimum atomic E-state index is -0.140. The summed E-state index contributed by atoms with van der Waals surface area (Å²) in [4.78, 5) is 40.6. The molecule has 2 amide bonds. The largest absolute Gasteiger partial charge is 0.306 e. The van der Waals surface area contributed by atoms with Crippen LogP contribution in [0, 0.1) is 0 Å².